The van der Waals surface area contributed by atoms with Crippen molar-refractivity contribution in [2.24, 2.45) is 5.92 Å². The van der Waals surface area contributed by atoms with E-state index in [1.165, 1.54) is 24.3 Å². The van der Waals surface area contributed by atoms with E-state index in [1.54, 1.807) is 26.0 Å². The first-order valence-electron chi connectivity index (χ1n) is 15.2. The predicted octanol–water partition coefficient (Wildman–Crippen LogP) is 5.32. The Balaban J connectivity index is 1.44. The van der Waals surface area contributed by atoms with Crippen LogP contribution in [0.4, 0.5) is 9.18 Å². The van der Waals surface area contributed by atoms with Crippen LogP contribution in [-0.2, 0) is 30.2 Å². The Labute approximate surface area is 286 Å². The van der Waals surface area contributed by atoms with Crippen LogP contribution in [0.5, 0.6) is 0 Å². The molecular formula is C35H35ClFN3O9. The summed E-state index contributed by atoms with van der Waals surface area (Å²) in [5, 5.41) is 20.2. The standard InChI is InChI=1S/C35H35ClFN3O9/c1-20(2)31(39-35(45)46-3)34(44)48-19-47-33(43)29(41)17-25(15-21-11-13-22(14-12-21)23-7-6-8-24(36)16-23)38-32(42)30-18-28(40-49-30)26-9-4-5-10-27(26)37/h4-14,16,18,20,25,29,31,41H,15,17,19H2,1-3H3,(H,38,42)(H,39,45)/t25-,29-,31+/m1/s1. The Morgan fingerprint density at radius 2 is 1.63 bits per heavy atom. The maximum Gasteiger partial charge on any atom is 0.407 e. The molecule has 258 valence electrons. The molecule has 0 bridgehead atoms. The molecule has 3 aromatic carbocycles. The van der Waals surface area contributed by atoms with Crippen molar-refractivity contribution < 1.29 is 47.4 Å². The van der Waals surface area contributed by atoms with Gasteiger partial charge in [0.25, 0.3) is 5.91 Å². The van der Waals surface area contributed by atoms with Crippen LogP contribution < -0.4 is 10.6 Å². The number of aliphatic hydroxyl groups is 1. The minimum atomic E-state index is -1.74. The number of aliphatic hydroxyl groups excluding tert-OH is 1. The summed E-state index contributed by atoms with van der Waals surface area (Å²) in [4.78, 5) is 49.9. The van der Waals surface area contributed by atoms with E-state index in [-0.39, 0.29) is 35.8 Å². The molecule has 3 atom stereocenters. The normalized spacial score (nSPS) is 12.8. The van der Waals surface area contributed by atoms with Crippen molar-refractivity contribution in [3.63, 3.8) is 0 Å². The van der Waals surface area contributed by atoms with Gasteiger partial charge in [0.2, 0.25) is 12.6 Å². The highest BCUT2D eigenvalue weighted by molar-refractivity contribution is 6.30. The molecule has 0 saturated heterocycles. The average Bonchev–Trinajstić information content (AvgIpc) is 3.57. The number of methoxy groups -OCH3 is 1. The summed E-state index contributed by atoms with van der Waals surface area (Å²) >= 11 is 6.13. The second kappa shape index (κ2) is 17.2. The van der Waals surface area contributed by atoms with Gasteiger partial charge in [-0.15, -0.1) is 0 Å². The summed E-state index contributed by atoms with van der Waals surface area (Å²) < 4.78 is 33.9. The van der Waals surface area contributed by atoms with Gasteiger partial charge in [-0.1, -0.05) is 79.1 Å². The zero-order valence-electron chi connectivity index (χ0n) is 26.9. The number of rotatable bonds is 14. The van der Waals surface area contributed by atoms with Crippen molar-refractivity contribution in [1.29, 1.82) is 0 Å². The van der Waals surface area contributed by atoms with Gasteiger partial charge in [-0.3, -0.25) is 4.79 Å². The minimum absolute atomic E-state index is 0.107. The molecule has 49 heavy (non-hydrogen) atoms. The van der Waals surface area contributed by atoms with Crippen molar-refractivity contribution in [2.45, 2.75) is 44.9 Å². The highest BCUT2D eigenvalue weighted by Gasteiger charge is 2.28. The number of nitrogens with one attached hydrogen (secondary N) is 2. The Kier molecular flexibility index (Phi) is 12.9. The lowest BCUT2D eigenvalue weighted by Crippen LogP contribution is -2.45. The van der Waals surface area contributed by atoms with Gasteiger partial charge in [-0.2, -0.15) is 0 Å². The fourth-order valence-corrected chi connectivity index (χ4v) is 4.98. The number of carbonyl (C=O) groups is 4. The van der Waals surface area contributed by atoms with E-state index in [1.807, 2.05) is 42.5 Å². The molecule has 0 radical (unpaired) electrons. The summed E-state index contributed by atoms with van der Waals surface area (Å²) in [5.41, 5.74) is 2.80. The molecule has 1 aromatic heterocycles. The predicted molar refractivity (Wildman–Crippen MR) is 176 cm³/mol. The summed E-state index contributed by atoms with van der Waals surface area (Å²) in [6.45, 7) is 2.49. The van der Waals surface area contributed by atoms with Gasteiger partial charge < -0.3 is 34.5 Å². The lowest BCUT2D eigenvalue weighted by Gasteiger charge is -2.22. The number of nitrogens with zero attached hydrogens (tertiary/aromatic N) is 1. The van der Waals surface area contributed by atoms with Crippen molar-refractivity contribution in [2.75, 3.05) is 13.9 Å². The van der Waals surface area contributed by atoms with Crippen LogP contribution in [0.25, 0.3) is 22.4 Å². The molecule has 2 amide bonds. The number of carbonyl (C=O) groups excluding carboxylic acids is 4. The number of aromatic nitrogens is 1. The van der Waals surface area contributed by atoms with E-state index in [2.05, 4.69) is 20.5 Å². The molecule has 3 N–H and O–H groups in total. The number of esters is 2. The maximum atomic E-state index is 14.3. The highest BCUT2D eigenvalue weighted by atomic mass is 35.5. The molecule has 1 heterocycles. The van der Waals surface area contributed by atoms with Gasteiger partial charge in [0, 0.05) is 29.1 Å². The van der Waals surface area contributed by atoms with E-state index in [0.29, 0.717) is 5.02 Å². The number of halogens is 2. The third kappa shape index (κ3) is 10.4. The number of hydrogen-bond acceptors (Lipinski definition) is 10. The lowest BCUT2D eigenvalue weighted by molar-refractivity contribution is -0.175. The number of amides is 2. The average molecular weight is 696 g/mol. The Bertz CT molecular complexity index is 1760. The van der Waals surface area contributed by atoms with Crippen molar-refractivity contribution in [1.82, 2.24) is 15.8 Å². The van der Waals surface area contributed by atoms with Gasteiger partial charge in [0.15, 0.2) is 6.10 Å². The molecule has 14 heteroatoms. The first-order chi connectivity index (χ1) is 23.4. The fraction of sp³-hybridized carbons (Fsp3) is 0.286. The molecular weight excluding hydrogens is 661 g/mol. The Hall–Kier alpha value is -5.27. The molecule has 0 aliphatic heterocycles. The zero-order chi connectivity index (χ0) is 35.5. The van der Waals surface area contributed by atoms with Crippen molar-refractivity contribution in [3.05, 3.63) is 101 Å². The van der Waals surface area contributed by atoms with Gasteiger partial charge in [-0.25, -0.2) is 18.8 Å². The van der Waals surface area contributed by atoms with Crippen molar-refractivity contribution >= 4 is 35.5 Å². The monoisotopic (exact) mass is 695 g/mol. The van der Waals surface area contributed by atoms with Crippen LogP contribution >= 0.6 is 11.6 Å². The second-order valence-corrected chi connectivity index (χ2v) is 11.7. The topological polar surface area (TPSA) is 166 Å². The summed E-state index contributed by atoms with van der Waals surface area (Å²) in [7, 11) is 1.14. The van der Waals surface area contributed by atoms with E-state index in [9.17, 15) is 28.7 Å². The lowest BCUT2D eigenvalue weighted by atomic mass is 9.97. The number of benzene rings is 3. The Morgan fingerprint density at radius 3 is 2.31 bits per heavy atom. The zero-order valence-corrected chi connectivity index (χ0v) is 27.6. The molecule has 0 saturated carbocycles. The van der Waals surface area contributed by atoms with Crippen molar-refractivity contribution in [3.8, 4) is 22.4 Å². The van der Waals surface area contributed by atoms with Crippen LogP contribution in [0.15, 0.2) is 83.4 Å². The molecule has 0 unspecified atom stereocenters. The van der Waals surface area contributed by atoms with E-state index >= 15 is 0 Å². The van der Waals surface area contributed by atoms with Crippen LogP contribution in [-0.4, -0.2) is 66.3 Å². The first-order valence-corrected chi connectivity index (χ1v) is 15.6. The molecule has 0 spiro atoms. The quantitative estimate of drug-likeness (QED) is 0.116. The van der Waals surface area contributed by atoms with Crippen LogP contribution in [0.2, 0.25) is 5.02 Å². The summed E-state index contributed by atoms with van der Waals surface area (Å²) in [6, 6.07) is 20.0. The molecule has 0 aliphatic rings. The minimum Gasteiger partial charge on any atom is -0.453 e. The SMILES string of the molecule is COC(=O)N[C@H](C(=O)OCOC(=O)[C@H](O)C[C@@H](Cc1ccc(-c2cccc(Cl)c2)cc1)NC(=O)c1cc(-c2ccccc2F)no1)C(C)C. The first kappa shape index (κ1) is 36.6. The number of ether oxygens (including phenoxy) is 3. The molecule has 0 aliphatic carbocycles. The van der Waals surface area contributed by atoms with Gasteiger partial charge >= 0.3 is 18.0 Å². The van der Waals surface area contributed by atoms with Crippen LogP contribution in [0.1, 0.15) is 36.4 Å². The molecule has 12 nitrogen and oxygen atoms in total. The third-order valence-electron chi connectivity index (χ3n) is 7.37. The Morgan fingerprint density at radius 1 is 0.918 bits per heavy atom. The summed E-state index contributed by atoms with van der Waals surface area (Å²) in [6.07, 6.45) is -2.72. The highest BCUT2D eigenvalue weighted by Crippen LogP contribution is 2.25. The van der Waals surface area contributed by atoms with Gasteiger partial charge in [-0.05, 0) is 53.3 Å². The molecule has 4 aromatic rings. The van der Waals surface area contributed by atoms with Gasteiger partial charge in [0.1, 0.15) is 17.6 Å². The summed E-state index contributed by atoms with van der Waals surface area (Å²) in [5.74, 6) is -3.85. The maximum absolute atomic E-state index is 14.3. The largest absolute Gasteiger partial charge is 0.453 e. The smallest absolute Gasteiger partial charge is 0.407 e. The fourth-order valence-electron chi connectivity index (χ4n) is 4.79. The van der Waals surface area contributed by atoms with E-state index in [0.717, 1.165) is 23.8 Å². The third-order valence-corrected chi connectivity index (χ3v) is 7.61. The van der Waals surface area contributed by atoms with Crippen LogP contribution in [0, 0.1) is 11.7 Å². The molecule has 4 rings (SSSR count). The van der Waals surface area contributed by atoms with E-state index in [4.69, 9.17) is 25.6 Å². The van der Waals surface area contributed by atoms with Gasteiger partial charge in [0.05, 0.1) is 7.11 Å². The van der Waals surface area contributed by atoms with E-state index < -0.39 is 54.7 Å². The number of hydrogen-bond donors (Lipinski definition) is 3. The number of alkyl carbamates (subject to hydrolysis) is 1. The second-order valence-electron chi connectivity index (χ2n) is 11.3. The molecule has 0 fully saturated rings. The van der Waals surface area contributed by atoms with Crippen LogP contribution in [0.3, 0.4) is 0 Å².